The van der Waals surface area contributed by atoms with Crippen LogP contribution in [0.25, 0.3) is 11.5 Å². The number of aliphatic hydroxyl groups is 1. The van der Waals surface area contributed by atoms with Crippen LogP contribution in [0.4, 0.5) is 0 Å². The van der Waals surface area contributed by atoms with Crippen LogP contribution in [0.3, 0.4) is 0 Å². The van der Waals surface area contributed by atoms with Gasteiger partial charge in [-0.15, -0.1) is 0 Å². The fourth-order valence-corrected chi connectivity index (χ4v) is 2.24. The Labute approximate surface area is 109 Å². The van der Waals surface area contributed by atoms with E-state index in [0.29, 0.717) is 24.6 Å². The van der Waals surface area contributed by atoms with Gasteiger partial charge >= 0.3 is 0 Å². The van der Waals surface area contributed by atoms with E-state index in [-0.39, 0.29) is 24.1 Å². The van der Waals surface area contributed by atoms with Crippen molar-refractivity contribution in [1.29, 1.82) is 0 Å². The van der Waals surface area contributed by atoms with Gasteiger partial charge in [-0.05, 0) is 18.6 Å². The molecule has 3 heterocycles. The van der Waals surface area contributed by atoms with Crippen LogP contribution in [0.1, 0.15) is 16.9 Å². The average Bonchev–Trinajstić information content (AvgIpc) is 3.16. The van der Waals surface area contributed by atoms with Crippen LogP contribution in [0.2, 0.25) is 0 Å². The molecule has 1 N–H and O–H groups in total. The van der Waals surface area contributed by atoms with Crippen molar-refractivity contribution in [2.45, 2.75) is 6.42 Å². The maximum absolute atomic E-state index is 12.2. The number of aromatic nitrogens is 1. The van der Waals surface area contributed by atoms with E-state index in [0.717, 1.165) is 6.42 Å². The van der Waals surface area contributed by atoms with Gasteiger partial charge in [0.15, 0.2) is 11.5 Å². The van der Waals surface area contributed by atoms with E-state index in [1.807, 2.05) is 0 Å². The zero-order valence-corrected chi connectivity index (χ0v) is 10.3. The predicted octanol–water partition coefficient (Wildman–Crippen LogP) is 1.39. The minimum atomic E-state index is -0.169. The van der Waals surface area contributed by atoms with E-state index < -0.39 is 0 Å². The minimum absolute atomic E-state index is 0.111. The summed E-state index contributed by atoms with van der Waals surface area (Å²) < 4.78 is 10.3. The molecule has 6 nitrogen and oxygen atoms in total. The third-order valence-corrected chi connectivity index (χ3v) is 3.32. The van der Waals surface area contributed by atoms with Crippen LogP contribution in [0.15, 0.2) is 33.4 Å². The highest BCUT2D eigenvalue weighted by atomic mass is 16.5. The van der Waals surface area contributed by atoms with Gasteiger partial charge in [-0.2, -0.15) is 0 Å². The second kappa shape index (κ2) is 4.89. The van der Waals surface area contributed by atoms with Gasteiger partial charge in [-0.3, -0.25) is 4.79 Å². The molecule has 1 aliphatic rings. The summed E-state index contributed by atoms with van der Waals surface area (Å²) in [6.45, 7) is 1.32. The second-order valence-corrected chi connectivity index (χ2v) is 4.64. The summed E-state index contributed by atoms with van der Waals surface area (Å²) in [5, 5.41) is 12.9. The molecule has 0 saturated carbocycles. The number of likely N-dealkylation sites (tertiary alicyclic amines) is 1. The van der Waals surface area contributed by atoms with E-state index in [4.69, 9.17) is 14.0 Å². The third-order valence-electron chi connectivity index (χ3n) is 3.32. The lowest BCUT2D eigenvalue weighted by Gasteiger charge is -2.13. The summed E-state index contributed by atoms with van der Waals surface area (Å²) in [5.74, 6) is 0.977. The van der Waals surface area contributed by atoms with E-state index in [9.17, 15) is 4.79 Å². The molecular formula is C13H14N2O4. The Hall–Kier alpha value is -2.08. The first-order valence-electron chi connectivity index (χ1n) is 6.18. The number of hydrogen-bond donors (Lipinski definition) is 1. The Morgan fingerprint density at radius 1 is 1.53 bits per heavy atom. The van der Waals surface area contributed by atoms with Crippen molar-refractivity contribution in [1.82, 2.24) is 10.1 Å². The lowest BCUT2D eigenvalue weighted by Crippen LogP contribution is -2.29. The molecule has 1 amide bonds. The summed E-state index contributed by atoms with van der Waals surface area (Å²) in [6, 6.07) is 5.06. The first-order valence-corrected chi connectivity index (χ1v) is 6.18. The SMILES string of the molecule is O=C(c1cc(-c2ccco2)on1)N1CCC(CO)C1. The Bertz CT molecular complexity index is 561. The molecule has 1 unspecified atom stereocenters. The first-order chi connectivity index (χ1) is 9.28. The third kappa shape index (κ3) is 2.26. The predicted molar refractivity (Wildman–Crippen MR) is 65.3 cm³/mol. The number of rotatable bonds is 3. The van der Waals surface area contributed by atoms with Gasteiger partial charge in [0.2, 0.25) is 5.76 Å². The summed E-state index contributed by atoms with van der Waals surface area (Å²) in [5.41, 5.74) is 0.269. The molecule has 0 aliphatic carbocycles. The van der Waals surface area contributed by atoms with Crippen LogP contribution in [0, 0.1) is 5.92 Å². The zero-order chi connectivity index (χ0) is 13.2. The Morgan fingerprint density at radius 2 is 2.42 bits per heavy atom. The van der Waals surface area contributed by atoms with Gasteiger partial charge < -0.3 is 18.9 Å². The van der Waals surface area contributed by atoms with E-state index in [1.165, 1.54) is 6.26 Å². The van der Waals surface area contributed by atoms with Crippen LogP contribution < -0.4 is 0 Å². The maximum atomic E-state index is 12.2. The van der Waals surface area contributed by atoms with Crippen molar-refractivity contribution in [2.24, 2.45) is 5.92 Å². The quantitative estimate of drug-likeness (QED) is 0.904. The molecule has 0 spiro atoms. The minimum Gasteiger partial charge on any atom is -0.461 e. The van der Waals surface area contributed by atoms with Crippen molar-refractivity contribution < 1.29 is 18.8 Å². The number of hydrogen-bond acceptors (Lipinski definition) is 5. The highest BCUT2D eigenvalue weighted by Crippen LogP contribution is 2.23. The summed E-state index contributed by atoms with van der Waals surface area (Å²) in [6.07, 6.45) is 2.36. The average molecular weight is 262 g/mol. The Balaban J connectivity index is 1.74. The van der Waals surface area contributed by atoms with Crippen molar-refractivity contribution in [3.63, 3.8) is 0 Å². The molecule has 0 bridgehead atoms. The summed E-state index contributed by atoms with van der Waals surface area (Å²) in [4.78, 5) is 13.9. The standard InChI is InChI=1S/C13H14N2O4/c16-8-9-3-4-15(7-9)13(17)10-6-12(19-14-10)11-2-1-5-18-11/h1-2,5-6,9,16H,3-4,7-8H2. The van der Waals surface area contributed by atoms with Crippen molar-refractivity contribution in [3.05, 3.63) is 30.2 Å². The fourth-order valence-electron chi connectivity index (χ4n) is 2.24. The van der Waals surface area contributed by atoms with Crippen LogP contribution >= 0.6 is 0 Å². The number of furan rings is 1. The topological polar surface area (TPSA) is 79.7 Å². The van der Waals surface area contributed by atoms with Crippen LogP contribution in [0.5, 0.6) is 0 Å². The Morgan fingerprint density at radius 3 is 3.11 bits per heavy atom. The number of aliphatic hydroxyl groups excluding tert-OH is 1. The largest absolute Gasteiger partial charge is 0.461 e. The second-order valence-electron chi connectivity index (χ2n) is 4.64. The molecule has 1 atom stereocenters. The molecule has 6 heteroatoms. The van der Waals surface area contributed by atoms with Gasteiger partial charge in [0.05, 0.1) is 6.26 Å². The lowest BCUT2D eigenvalue weighted by molar-refractivity contribution is 0.0771. The number of carbonyl (C=O) groups is 1. The van der Waals surface area contributed by atoms with E-state index in [2.05, 4.69) is 5.16 Å². The monoisotopic (exact) mass is 262 g/mol. The molecule has 0 radical (unpaired) electrons. The maximum Gasteiger partial charge on any atom is 0.276 e. The zero-order valence-electron chi connectivity index (χ0n) is 10.3. The molecule has 3 rings (SSSR count). The molecule has 1 fully saturated rings. The van der Waals surface area contributed by atoms with Crippen molar-refractivity contribution in [2.75, 3.05) is 19.7 Å². The summed E-state index contributed by atoms with van der Waals surface area (Å²) >= 11 is 0. The normalized spacial score (nSPS) is 19.0. The van der Waals surface area contributed by atoms with Gasteiger partial charge in [0, 0.05) is 31.7 Å². The van der Waals surface area contributed by atoms with Gasteiger partial charge in [-0.1, -0.05) is 5.16 Å². The number of nitrogens with zero attached hydrogens (tertiary/aromatic N) is 2. The van der Waals surface area contributed by atoms with E-state index >= 15 is 0 Å². The molecule has 1 aliphatic heterocycles. The first kappa shape index (κ1) is 12.0. The summed E-state index contributed by atoms with van der Waals surface area (Å²) in [7, 11) is 0. The molecule has 0 aromatic carbocycles. The van der Waals surface area contributed by atoms with Crippen LogP contribution in [-0.2, 0) is 0 Å². The molecule has 19 heavy (non-hydrogen) atoms. The van der Waals surface area contributed by atoms with Crippen LogP contribution in [-0.4, -0.2) is 40.8 Å². The highest BCUT2D eigenvalue weighted by molar-refractivity contribution is 5.93. The molecule has 2 aromatic rings. The van der Waals surface area contributed by atoms with Gasteiger partial charge in [0.1, 0.15) is 0 Å². The molecule has 2 aromatic heterocycles. The number of carbonyl (C=O) groups excluding carboxylic acids is 1. The number of amides is 1. The highest BCUT2D eigenvalue weighted by Gasteiger charge is 2.28. The molecular weight excluding hydrogens is 248 g/mol. The molecule has 100 valence electrons. The van der Waals surface area contributed by atoms with Gasteiger partial charge in [0.25, 0.3) is 5.91 Å². The van der Waals surface area contributed by atoms with Crippen molar-refractivity contribution >= 4 is 5.91 Å². The smallest absolute Gasteiger partial charge is 0.276 e. The van der Waals surface area contributed by atoms with Gasteiger partial charge in [-0.25, -0.2) is 0 Å². The lowest BCUT2D eigenvalue weighted by atomic mass is 10.1. The molecule has 1 saturated heterocycles. The fraction of sp³-hybridized carbons (Fsp3) is 0.385. The van der Waals surface area contributed by atoms with E-state index in [1.54, 1.807) is 23.1 Å². The van der Waals surface area contributed by atoms with Crippen molar-refractivity contribution in [3.8, 4) is 11.5 Å². The Kier molecular flexibility index (Phi) is 3.08.